The van der Waals surface area contributed by atoms with E-state index in [9.17, 15) is 4.79 Å². The van der Waals surface area contributed by atoms with Gasteiger partial charge in [0.15, 0.2) is 0 Å². The number of amides is 1. The third kappa shape index (κ3) is 5.27. The van der Waals surface area contributed by atoms with Gasteiger partial charge in [-0.3, -0.25) is 4.79 Å². The fraction of sp³-hybridized carbons (Fsp3) is 0.440. The number of carbonyl (C=O) groups is 1. The van der Waals surface area contributed by atoms with Gasteiger partial charge in [-0.05, 0) is 42.7 Å². The first-order valence-corrected chi connectivity index (χ1v) is 12.7. The van der Waals surface area contributed by atoms with E-state index >= 15 is 0 Å². The maximum absolute atomic E-state index is 12.5. The number of anilines is 3. The number of imidazole rings is 1. The van der Waals surface area contributed by atoms with Crippen molar-refractivity contribution < 1.29 is 9.53 Å². The Balaban J connectivity index is 1.29. The average Bonchev–Trinajstić information content (AvgIpc) is 3.25. The van der Waals surface area contributed by atoms with Gasteiger partial charge in [-0.15, -0.1) is 0 Å². The standard InChI is InChI=1S/C25H29Cl2N5O2/c26-18-7-6-16(15-28-24(33)17-4-2-1-3-5-17)12-20(18)29-25-30-21-13-19(27)23(14-22(21)31-25)32-8-10-34-11-9-32/h6-7,12-14,17H,1-5,8-11,15H2,(H,28,33)(H2,29,30,31). The molecule has 1 amide bonds. The highest BCUT2D eigenvalue weighted by molar-refractivity contribution is 6.34. The molecule has 1 aliphatic carbocycles. The van der Waals surface area contributed by atoms with Crippen LogP contribution in [-0.4, -0.2) is 42.2 Å². The van der Waals surface area contributed by atoms with Crippen LogP contribution in [0.15, 0.2) is 30.3 Å². The Morgan fingerprint density at radius 1 is 1.09 bits per heavy atom. The van der Waals surface area contributed by atoms with Gasteiger partial charge in [0.05, 0.1) is 45.7 Å². The minimum absolute atomic E-state index is 0.142. The molecule has 0 radical (unpaired) electrons. The zero-order valence-electron chi connectivity index (χ0n) is 19.0. The van der Waals surface area contributed by atoms with Crippen LogP contribution < -0.4 is 15.5 Å². The number of carbonyl (C=O) groups excluding carboxylic acids is 1. The summed E-state index contributed by atoms with van der Waals surface area (Å²) in [6.45, 7) is 3.47. The predicted molar refractivity (Wildman–Crippen MR) is 137 cm³/mol. The molecular formula is C25H29Cl2N5O2. The monoisotopic (exact) mass is 501 g/mol. The summed E-state index contributed by atoms with van der Waals surface area (Å²) in [6.07, 6.45) is 5.50. The fourth-order valence-corrected chi connectivity index (χ4v) is 5.18. The van der Waals surface area contributed by atoms with Crippen LogP contribution in [0, 0.1) is 5.92 Å². The summed E-state index contributed by atoms with van der Waals surface area (Å²) in [6, 6.07) is 9.62. The third-order valence-corrected chi connectivity index (χ3v) is 7.26. The zero-order valence-corrected chi connectivity index (χ0v) is 20.5. The number of hydrogen-bond donors (Lipinski definition) is 3. The van der Waals surface area contributed by atoms with Gasteiger partial charge in [0.25, 0.3) is 0 Å². The highest BCUT2D eigenvalue weighted by Crippen LogP contribution is 2.33. The van der Waals surface area contributed by atoms with E-state index in [1.54, 1.807) is 0 Å². The van der Waals surface area contributed by atoms with Gasteiger partial charge >= 0.3 is 0 Å². The van der Waals surface area contributed by atoms with Crippen LogP contribution in [0.25, 0.3) is 11.0 Å². The van der Waals surface area contributed by atoms with Crippen molar-refractivity contribution in [3.63, 3.8) is 0 Å². The summed E-state index contributed by atoms with van der Waals surface area (Å²) in [7, 11) is 0. The number of aromatic nitrogens is 2. The number of rotatable bonds is 6. The molecule has 1 saturated heterocycles. The maximum atomic E-state index is 12.5. The minimum atomic E-state index is 0.142. The summed E-state index contributed by atoms with van der Waals surface area (Å²) < 4.78 is 5.45. The van der Waals surface area contributed by atoms with Crippen molar-refractivity contribution in [3.05, 3.63) is 45.9 Å². The van der Waals surface area contributed by atoms with E-state index < -0.39 is 0 Å². The number of hydrogen-bond acceptors (Lipinski definition) is 5. The third-order valence-electron chi connectivity index (χ3n) is 6.63. The first kappa shape index (κ1) is 23.3. The average molecular weight is 502 g/mol. The second-order valence-corrected chi connectivity index (χ2v) is 9.81. The van der Waals surface area contributed by atoms with Crippen LogP contribution in [0.4, 0.5) is 17.3 Å². The van der Waals surface area contributed by atoms with Gasteiger partial charge in [-0.2, -0.15) is 0 Å². The Morgan fingerprint density at radius 3 is 2.68 bits per heavy atom. The van der Waals surface area contributed by atoms with Crippen LogP contribution in [0.5, 0.6) is 0 Å². The smallest absolute Gasteiger partial charge is 0.223 e. The molecule has 3 N–H and O–H groups in total. The molecule has 0 atom stereocenters. The first-order chi connectivity index (χ1) is 16.6. The van der Waals surface area contributed by atoms with Gasteiger partial charge in [0.2, 0.25) is 11.9 Å². The molecule has 2 heterocycles. The number of H-pyrrole nitrogens is 1. The fourth-order valence-electron chi connectivity index (χ4n) is 4.73. The normalized spacial score (nSPS) is 17.2. The van der Waals surface area contributed by atoms with Crippen LogP contribution in [0.3, 0.4) is 0 Å². The van der Waals surface area contributed by atoms with Gasteiger partial charge in [0.1, 0.15) is 0 Å². The molecule has 180 valence electrons. The topological polar surface area (TPSA) is 82.3 Å². The molecule has 2 aliphatic rings. The van der Waals surface area contributed by atoms with E-state index in [2.05, 4.69) is 20.5 Å². The molecule has 1 aromatic heterocycles. The molecule has 1 saturated carbocycles. The lowest BCUT2D eigenvalue weighted by atomic mass is 9.88. The molecule has 3 aromatic rings. The lowest BCUT2D eigenvalue weighted by molar-refractivity contribution is -0.126. The highest BCUT2D eigenvalue weighted by Gasteiger charge is 2.21. The van der Waals surface area contributed by atoms with Crippen molar-refractivity contribution in [2.45, 2.75) is 38.6 Å². The quantitative estimate of drug-likeness (QED) is 0.406. The summed E-state index contributed by atoms with van der Waals surface area (Å²) in [5.74, 6) is 0.869. The molecule has 9 heteroatoms. The second kappa shape index (κ2) is 10.4. The van der Waals surface area contributed by atoms with Crippen LogP contribution in [0.1, 0.15) is 37.7 Å². The van der Waals surface area contributed by atoms with Crippen molar-refractivity contribution in [1.82, 2.24) is 15.3 Å². The number of nitrogens with one attached hydrogen (secondary N) is 3. The molecule has 34 heavy (non-hydrogen) atoms. The van der Waals surface area contributed by atoms with E-state index in [0.29, 0.717) is 35.8 Å². The zero-order chi connectivity index (χ0) is 23.5. The Labute approximate surface area is 209 Å². The van der Waals surface area contributed by atoms with E-state index in [1.165, 1.54) is 6.42 Å². The Morgan fingerprint density at radius 2 is 1.88 bits per heavy atom. The predicted octanol–water partition coefficient (Wildman–Crippen LogP) is 5.65. The molecular weight excluding hydrogens is 473 g/mol. The number of aromatic amines is 1. The minimum Gasteiger partial charge on any atom is -0.378 e. The summed E-state index contributed by atoms with van der Waals surface area (Å²) in [4.78, 5) is 22.7. The first-order valence-electron chi connectivity index (χ1n) is 11.9. The van der Waals surface area contributed by atoms with Gasteiger partial charge in [-0.1, -0.05) is 48.5 Å². The highest BCUT2D eigenvalue weighted by atomic mass is 35.5. The number of nitrogens with zero attached hydrogens (tertiary/aromatic N) is 2. The summed E-state index contributed by atoms with van der Waals surface area (Å²) >= 11 is 13.0. The molecule has 0 bridgehead atoms. The number of morpholine rings is 1. The Kier molecular flexibility index (Phi) is 7.13. The number of fused-ring (bicyclic) bond motifs is 1. The van der Waals surface area contributed by atoms with Crippen molar-refractivity contribution in [1.29, 1.82) is 0 Å². The van der Waals surface area contributed by atoms with Gasteiger partial charge in [-0.25, -0.2) is 4.98 Å². The molecule has 2 aromatic carbocycles. The Hall–Kier alpha value is -2.48. The summed E-state index contributed by atoms with van der Waals surface area (Å²) in [5.41, 5.74) is 4.33. The largest absolute Gasteiger partial charge is 0.378 e. The SMILES string of the molecule is O=C(NCc1ccc(Cl)c(Nc2nc3cc(N4CCOCC4)c(Cl)cc3[nH]2)c1)C1CCCCC1. The molecule has 0 spiro atoms. The summed E-state index contributed by atoms with van der Waals surface area (Å²) in [5, 5.41) is 7.62. The second-order valence-electron chi connectivity index (χ2n) is 9.00. The van der Waals surface area contributed by atoms with Crippen molar-refractivity contribution in [3.8, 4) is 0 Å². The van der Waals surface area contributed by atoms with E-state index in [0.717, 1.165) is 66.7 Å². The van der Waals surface area contributed by atoms with Crippen LogP contribution >= 0.6 is 23.2 Å². The van der Waals surface area contributed by atoms with Gasteiger partial charge < -0.3 is 25.3 Å². The van der Waals surface area contributed by atoms with Gasteiger partial charge in [0, 0.05) is 25.6 Å². The molecule has 2 fully saturated rings. The van der Waals surface area contributed by atoms with Crippen molar-refractivity contribution >= 4 is 57.5 Å². The maximum Gasteiger partial charge on any atom is 0.223 e. The van der Waals surface area contributed by atoms with Crippen molar-refractivity contribution in [2.75, 3.05) is 36.5 Å². The molecule has 0 unspecified atom stereocenters. The number of ether oxygens (including phenoxy) is 1. The van der Waals surface area contributed by atoms with E-state index in [-0.39, 0.29) is 11.8 Å². The lowest BCUT2D eigenvalue weighted by Crippen LogP contribution is -2.36. The van der Waals surface area contributed by atoms with Crippen LogP contribution in [-0.2, 0) is 16.1 Å². The molecule has 5 rings (SSSR count). The van der Waals surface area contributed by atoms with Crippen LogP contribution in [0.2, 0.25) is 10.0 Å². The van der Waals surface area contributed by atoms with Crippen molar-refractivity contribution in [2.24, 2.45) is 5.92 Å². The lowest BCUT2D eigenvalue weighted by Gasteiger charge is -2.29. The van der Waals surface area contributed by atoms with E-state index in [1.807, 2.05) is 30.3 Å². The van der Waals surface area contributed by atoms with E-state index in [4.69, 9.17) is 32.9 Å². The molecule has 7 nitrogen and oxygen atoms in total. The Bertz CT molecular complexity index is 1170. The number of halogens is 2. The molecule has 1 aliphatic heterocycles. The number of benzene rings is 2.